The molecule has 25 heavy (non-hydrogen) atoms. The van der Waals surface area contributed by atoms with E-state index in [-0.39, 0.29) is 18.4 Å². The molecule has 138 valence electrons. The van der Waals surface area contributed by atoms with Gasteiger partial charge < -0.3 is 16.0 Å². The van der Waals surface area contributed by atoms with Crippen LogP contribution >= 0.6 is 15.9 Å². The molecule has 0 saturated heterocycles. The third-order valence-corrected chi connectivity index (χ3v) is 5.19. The predicted molar refractivity (Wildman–Crippen MR) is 103 cm³/mol. The Balaban J connectivity index is 1.67. The average molecular weight is 411 g/mol. The summed E-state index contributed by atoms with van der Waals surface area (Å²) in [4.78, 5) is 24.0. The highest BCUT2D eigenvalue weighted by atomic mass is 79.9. The number of carbonyl (C=O) groups excluding carboxylic acids is 2. The van der Waals surface area contributed by atoms with Crippen molar-refractivity contribution in [3.05, 3.63) is 28.2 Å². The quantitative estimate of drug-likeness (QED) is 0.673. The zero-order valence-corrected chi connectivity index (χ0v) is 16.5. The summed E-state index contributed by atoms with van der Waals surface area (Å²) in [5.41, 5.74) is 1.75. The van der Waals surface area contributed by atoms with Gasteiger partial charge in [-0.05, 0) is 56.4 Å². The van der Waals surface area contributed by atoms with Gasteiger partial charge in [-0.3, -0.25) is 9.59 Å². The topological polar surface area (TPSA) is 74.8 Å². The van der Waals surface area contributed by atoms with Crippen LogP contribution in [0.1, 0.15) is 50.5 Å². The minimum Gasteiger partial charge on any atom is -0.342 e. The largest absolute Gasteiger partial charge is 0.342 e. The van der Waals surface area contributed by atoms with E-state index < -0.39 is 0 Å². The number of nitrogens with two attached hydrogens (primary N) is 1. The number of hydrogen-bond acceptors (Lipinski definition) is 2. The summed E-state index contributed by atoms with van der Waals surface area (Å²) in [6.45, 7) is 2.34. The van der Waals surface area contributed by atoms with E-state index in [1.54, 1.807) is 0 Å². The number of halogens is 1. The molecular formula is C19H29BrN3O2+. The summed E-state index contributed by atoms with van der Waals surface area (Å²) < 4.78 is 0.973. The average Bonchev–Trinajstić information content (AvgIpc) is 2.54. The molecule has 0 spiro atoms. The van der Waals surface area contributed by atoms with Crippen LogP contribution in [0.2, 0.25) is 0 Å². The third-order valence-electron chi connectivity index (χ3n) is 4.70. The first-order chi connectivity index (χ1) is 12.0. The fourth-order valence-corrected chi connectivity index (χ4v) is 3.69. The minimum absolute atomic E-state index is 0.00679. The van der Waals surface area contributed by atoms with E-state index >= 15 is 0 Å². The molecule has 1 aliphatic rings. The molecule has 2 amide bonds. The van der Waals surface area contributed by atoms with Crippen molar-refractivity contribution >= 4 is 33.4 Å². The second-order valence-corrected chi connectivity index (χ2v) is 7.74. The van der Waals surface area contributed by atoms with Crippen molar-refractivity contribution in [2.75, 3.05) is 18.4 Å². The summed E-state index contributed by atoms with van der Waals surface area (Å²) in [5, 5.41) is 7.67. The molecule has 0 atom stereocenters. The van der Waals surface area contributed by atoms with Crippen molar-refractivity contribution in [1.29, 1.82) is 0 Å². The van der Waals surface area contributed by atoms with Gasteiger partial charge in [-0.15, -0.1) is 0 Å². The first kappa shape index (κ1) is 19.9. The summed E-state index contributed by atoms with van der Waals surface area (Å²) in [6.07, 6.45) is 8.88. The molecule has 0 aliphatic heterocycles. The van der Waals surface area contributed by atoms with Crippen LogP contribution in [0.5, 0.6) is 0 Å². The number of carbonyl (C=O) groups is 2. The van der Waals surface area contributed by atoms with Crippen molar-refractivity contribution < 1.29 is 14.9 Å². The van der Waals surface area contributed by atoms with Crippen molar-refractivity contribution in [1.82, 2.24) is 5.32 Å². The van der Waals surface area contributed by atoms with Gasteiger partial charge in [0.1, 0.15) is 0 Å². The van der Waals surface area contributed by atoms with Gasteiger partial charge in [0.05, 0.1) is 12.6 Å². The Morgan fingerprint density at radius 2 is 1.80 bits per heavy atom. The van der Waals surface area contributed by atoms with Crippen LogP contribution in [0.4, 0.5) is 5.69 Å². The lowest BCUT2D eigenvalue weighted by atomic mass is 9.97. The second kappa shape index (κ2) is 10.6. The van der Waals surface area contributed by atoms with Crippen molar-refractivity contribution in [2.45, 2.75) is 57.9 Å². The van der Waals surface area contributed by atoms with E-state index in [1.165, 1.54) is 44.9 Å². The van der Waals surface area contributed by atoms with Gasteiger partial charge in [-0.1, -0.05) is 35.2 Å². The van der Waals surface area contributed by atoms with Crippen LogP contribution in [0.3, 0.4) is 0 Å². The van der Waals surface area contributed by atoms with Crippen LogP contribution < -0.4 is 16.0 Å². The molecule has 0 aromatic heterocycles. The highest BCUT2D eigenvalue weighted by Crippen LogP contribution is 2.19. The molecule has 1 aromatic rings. The Morgan fingerprint density at radius 3 is 2.48 bits per heavy atom. The zero-order valence-electron chi connectivity index (χ0n) is 14.9. The van der Waals surface area contributed by atoms with Gasteiger partial charge in [0.15, 0.2) is 6.54 Å². The molecule has 1 aliphatic carbocycles. The molecule has 0 radical (unpaired) electrons. The monoisotopic (exact) mass is 410 g/mol. The summed E-state index contributed by atoms with van der Waals surface area (Å²) in [6, 6.07) is 6.22. The van der Waals surface area contributed by atoms with Crippen LogP contribution in [-0.4, -0.2) is 30.9 Å². The fourth-order valence-electron chi connectivity index (χ4n) is 3.21. The molecule has 4 N–H and O–H groups in total. The Kier molecular flexibility index (Phi) is 8.41. The summed E-state index contributed by atoms with van der Waals surface area (Å²) in [5.74, 6) is -0.283. The molecule has 5 nitrogen and oxygen atoms in total. The fraction of sp³-hybridized carbons (Fsp3) is 0.579. The molecule has 0 heterocycles. The molecular weight excluding hydrogens is 382 g/mol. The molecule has 0 unspecified atom stereocenters. The number of rotatable bonds is 6. The molecule has 1 fully saturated rings. The SMILES string of the molecule is Cc1cc(Br)ccc1NC(=O)CNC(=O)C[NH2+]C1CCCCCCC1. The molecule has 1 saturated carbocycles. The van der Waals surface area contributed by atoms with E-state index in [0.717, 1.165) is 15.7 Å². The van der Waals surface area contributed by atoms with Gasteiger partial charge in [0.2, 0.25) is 5.91 Å². The van der Waals surface area contributed by atoms with Gasteiger partial charge >= 0.3 is 0 Å². The lowest BCUT2D eigenvalue weighted by molar-refractivity contribution is -0.680. The van der Waals surface area contributed by atoms with E-state index in [1.807, 2.05) is 25.1 Å². The number of benzene rings is 1. The predicted octanol–water partition coefficient (Wildman–Crippen LogP) is 2.49. The molecule has 2 rings (SSSR count). The Bertz CT molecular complexity index is 584. The van der Waals surface area contributed by atoms with E-state index in [9.17, 15) is 9.59 Å². The zero-order chi connectivity index (χ0) is 18.1. The Hall–Kier alpha value is -1.40. The van der Waals surface area contributed by atoms with Crippen molar-refractivity contribution in [3.63, 3.8) is 0 Å². The lowest BCUT2D eigenvalue weighted by Gasteiger charge is -2.18. The van der Waals surface area contributed by atoms with E-state index in [4.69, 9.17) is 0 Å². The van der Waals surface area contributed by atoms with Crippen LogP contribution in [0.25, 0.3) is 0 Å². The summed E-state index contributed by atoms with van der Waals surface area (Å²) in [7, 11) is 0. The lowest BCUT2D eigenvalue weighted by Crippen LogP contribution is -2.92. The number of anilines is 1. The van der Waals surface area contributed by atoms with Crippen LogP contribution in [-0.2, 0) is 9.59 Å². The number of quaternary nitrogens is 1. The maximum Gasteiger partial charge on any atom is 0.275 e. The highest BCUT2D eigenvalue weighted by Gasteiger charge is 2.16. The maximum atomic E-state index is 12.0. The third kappa shape index (κ3) is 7.57. The first-order valence-electron chi connectivity index (χ1n) is 9.20. The summed E-state index contributed by atoms with van der Waals surface area (Å²) >= 11 is 3.40. The van der Waals surface area contributed by atoms with Crippen LogP contribution in [0.15, 0.2) is 22.7 Å². The van der Waals surface area contributed by atoms with Gasteiger partial charge in [0, 0.05) is 10.2 Å². The molecule has 6 heteroatoms. The number of aryl methyl sites for hydroxylation is 1. The first-order valence-corrected chi connectivity index (χ1v) is 10.00. The van der Waals surface area contributed by atoms with Gasteiger partial charge in [-0.25, -0.2) is 0 Å². The minimum atomic E-state index is -0.204. The normalized spacial score (nSPS) is 15.9. The smallest absolute Gasteiger partial charge is 0.275 e. The van der Waals surface area contributed by atoms with Crippen molar-refractivity contribution in [2.24, 2.45) is 0 Å². The highest BCUT2D eigenvalue weighted by molar-refractivity contribution is 9.10. The van der Waals surface area contributed by atoms with Crippen LogP contribution in [0, 0.1) is 6.92 Å². The molecule has 1 aromatic carbocycles. The van der Waals surface area contributed by atoms with E-state index in [2.05, 4.69) is 31.9 Å². The standard InChI is InChI=1S/C19H28BrN3O2/c1-14-11-15(20)9-10-17(14)23-19(25)13-22-18(24)12-21-16-7-5-3-2-4-6-8-16/h9-11,16,21H,2-8,12-13H2,1H3,(H,22,24)(H,23,25)/p+1. The number of amides is 2. The number of nitrogens with one attached hydrogen (secondary N) is 2. The Morgan fingerprint density at radius 1 is 1.12 bits per heavy atom. The Labute approximate surface area is 158 Å². The van der Waals surface area contributed by atoms with Gasteiger partial charge in [0.25, 0.3) is 5.91 Å². The van der Waals surface area contributed by atoms with E-state index in [0.29, 0.717) is 12.6 Å². The second-order valence-electron chi connectivity index (χ2n) is 6.83. The number of hydrogen-bond donors (Lipinski definition) is 3. The van der Waals surface area contributed by atoms with Gasteiger partial charge in [-0.2, -0.15) is 0 Å². The molecule has 0 bridgehead atoms. The maximum absolute atomic E-state index is 12.0. The van der Waals surface area contributed by atoms with Crippen molar-refractivity contribution in [3.8, 4) is 0 Å².